The molecule has 2 aromatic carbocycles. The van der Waals surface area contributed by atoms with Crippen LogP contribution in [0.3, 0.4) is 0 Å². The van der Waals surface area contributed by atoms with Crippen molar-refractivity contribution in [2.24, 2.45) is 13.0 Å². The number of hydrogen-bond acceptors (Lipinski definition) is 6. The summed E-state index contributed by atoms with van der Waals surface area (Å²) >= 11 is 0. The predicted molar refractivity (Wildman–Crippen MR) is 143 cm³/mol. The van der Waals surface area contributed by atoms with Crippen LogP contribution in [0.1, 0.15) is 24.8 Å². The van der Waals surface area contributed by atoms with E-state index in [0.29, 0.717) is 30.2 Å². The van der Waals surface area contributed by atoms with Gasteiger partial charge in [-0.3, -0.25) is 9.59 Å². The van der Waals surface area contributed by atoms with E-state index in [1.165, 1.54) is 21.7 Å². The summed E-state index contributed by atoms with van der Waals surface area (Å²) in [7, 11) is 4.87. The van der Waals surface area contributed by atoms with E-state index in [0.717, 1.165) is 24.8 Å². The van der Waals surface area contributed by atoms with Crippen molar-refractivity contribution in [3.8, 4) is 11.4 Å². The van der Waals surface area contributed by atoms with E-state index in [1.807, 2.05) is 6.07 Å². The summed E-state index contributed by atoms with van der Waals surface area (Å²) in [5.74, 6) is -0.0791. The van der Waals surface area contributed by atoms with Crippen LogP contribution in [0.2, 0.25) is 0 Å². The molecular formula is C27H33FN8O3. The zero-order chi connectivity index (χ0) is 27.9. The first-order valence-corrected chi connectivity index (χ1v) is 12.8. The average molecular weight is 537 g/mol. The highest BCUT2D eigenvalue weighted by atomic mass is 19.1. The number of anilines is 1. The Morgan fingerprint density at radius 2 is 1.92 bits per heavy atom. The van der Waals surface area contributed by atoms with Crippen LogP contribution in [0.15, 0.2) is 48.5 Å². The van der Waals surface area contributed by atoms with Crippen LogP contribution < -0.4 is 10.6 Å². The van der Waals surface area contributed by atoms with Crippen LogP contribution in [0, 0.1) is 11.7 Å². The number of piperidine rings is 1. The molecule has 1 saturated heterocycles. The molecule has 0 aliphatic carbocycles. The second kappa shape index (κ2) is 12.5. The fraction of sp³-hybridized carbons (Fsp3) is 0.407. The number of hydrogen-bond donors (Lipinski definition) is 2. The fourth-order valence-electron chi connectivity index (χ4n) is 4.76. The van der Waals surface area contributed by atoms with Gasteiger partial charge in [0.1, 0.15) is 11.9 Å². The van der Waals surface area contributed by atoms with Gasteiger partial charge >= 0.3 is 6.03 Å². The monoisotopic (exact) mass is 536 g/mol. The Labute approximate surface area is 226 Å². The molecule has 4 amide bonds. The highest BCUT2D eigenvalue weighted by Crippen LogP contribution is 2.23. The summed E-state index contributed by atoms with van der Waals surface area (Å²) in [4.78, 5) is 42.1. The molecule has 12 heteroatoms. The van der Waals surface area contributed by atoms with E-state index in [4.69, 9.17) is 0 Å². The molecule has 1 aliphatic rings. The molecule has 4 rings (SSSR count). The SMILES string of the molecule is CN(C)C(=O)C(CC(=O)N1CCCC(Cc2ccc(F)cc2)C1)NC(=O)Nc1cccc(-c2nnnn2C)c1. The maximum Gasteiger partial charge on any atom is 0.319 e. The zero-order valence-electron chi connectivity index (χ0n) is 22.3. The van der Waals surface area contributed by atoms with Gasteiger partial charge in [-0.25, -0.2) is 13.9 Å². The third kappa shape index (κ3) is 7.37. The summed E-state index contributed by atoms with van der Waals surface area (Å²) in [5, 5.41) is 16.8. The van der Waals surface area contributed by atoms with E-state index in [9.17, 15) is 18.8 Å². The lowest BCUT2D eigenvalue weighted by molar-refractivity contribution is -0.138. The summed E-state index contributed by atoms with van der Waals surface area (Å²) in [6, 6.07) is 11.8. The molecule has 0 spiro atoms. The van der Waals surface area contributed by atoms with Crippen LogP contribution in [-0.4, -0.2) is 81.1 Å². The summed E-state index contributed by atoms with van der Waals surface area (Å²) in [6.07, 6.45) is 2.40. The average Bonchev–Trinajstić information content (AvgIpc) is 3.35. The van der Waals surface area contributed by atoms with Crippen molar-refractivity contribution in [2.45, 2.75) is 31.7 Å². The molecular weight excluding hydrogens is 503 g/mol. The van der Waals surface area contributed by atoms with Gasteiger partial charge in [0.15, 0.2) is 5.82 Å². The number of urea groups is 1. The predicted octanol–water partition coefficient (Wildman–Crippen LogP) is 2.47. The molecule has 1 fully saturated rings. The molecule has 11 nitrogen and oxygen atoms in total. The van der Waals surface area contributed by atoms with Crippen molar-refractivity contribution in [2.75, 3.05) is 32.5 Å². The lowest BCUT2D eigenvalue weighted by Gasteiger charge is -2.34. The van der Waals surface area contributed by atoms with Gasteiger partial charge in [0.2, 0.25) is 11.8 Å². The van der Waals surface area contributed by atoms with Crippen LogP contribution >= 0.6 is 0 Å². The summed E-state index contributed by atoms with van der Waals surface area (Å²) in [5.41, 5.74) is 2.21. The van der Waals surface area contributed by atoms with Crippen LogP contribution in [-0.2, 0) is 23.1 Å². The van der Waals surface area contributed by atoms with Crippen molar-refractivity contribution in [3.05, 3.63) is 59.9 Å². The number of aryl methyl sites for hydroxylation is 1. The molecule has 2 unspecified atom stereocenters. The second-order valence-electron chi connectivity index (χ2n) is 9.97. The minimum absolute atomic E-state index is 0.154. The number of aromatic nitrogens is 4. The van der Waals surface area contributed by atoms with Gasteiger partial charge in [-0.05, 0) is 65.4 Å². The molecule has 2 N–H and O–H groups in total. The second-order valence-corrected chi connectivity index (χ2v) is 9.97. The van der Waals surface area contributed by atoms with Gasteiger partial charge in [-0.2, -0.15) is 0 Å². The topological polar surface area (TPSA) is 125 Å². The summed E-state index contributed by atoms with van der Waals surface area (Å²) in [6.45, 7) is 1.15. The number of nitrogens with one attached hydrogen (secondary N) is 2. The van der Waals surface area contributed by atoms with Crippen molar-refractivity contribution in [1.82, 2.24) is 35.3 Å². The molecule has 0 bridgehead atoms. The Balaban J connectivity index is 1.38. The third-order valence-corrected chi connectivity index (χ3v) is 6.73. The van der Waals surface area contributed by atoms with Crippen molar-refractivity contribution in [3.63, 3.8) is 0 Å². The Hall–Kier alpha value is -4.35. The maximum absolute atomic E-state index is 13.3. The minimum Gasteiger partial charge on any atom is -0.347 e. The molecule has 0 radical (unpaired) electrons. The Morgan fingerprint density at radius 3 is 2.62 bits per heavy atom. The highest BCUT2D eigenvalue weighted by Gasteiger charge is 2.30. The van der Waals surface area contributed by atoms with E-state index >= 15 is 0 Å². The Morgan fingerprint density at radius 1 is 1.15 bits per heavy atom. The standard InChI is InChI=1S/C27H33FN8O3/c1-34(2)26(38)23(30-27(39)29-22-8-4-7-20(15-22)25-31-32-33-35(25)3)16-24(37)36-13-5-6-19(17-36)14-18-9-11-21(28)12-10-18/h4,7-12,15,19,23H,5-6,13-14,16-17H2,1-3H3,(H2,29,30,39). The third-order valence-electron chi connectivity index (χ3n) is 6.73. The largest absolute Gasteiger partial charge is 0.347 e. The molecule has 1 aromatic heterocycles. The van der Waals surface area contributed by atoms with E-state index in [2.05, 4.69) is 26.2 Å². The van der Waals surface area contributed by atoms with Crippen LogP contribution in [0.4, 0.5) is 14.9 Å². The number of carbonyl (C=O) groups is 3. The first-order chi connectivity index (χ1) is 18.7. The van der Waals surface area contributed by atoms with E-state index < -0.39 is 12.1 Å². The van der Waals surface area contributed by atoms with Crippen LogP contribution in [0.5, 0.6) is 0 Å². The molecule has 2 atom stereocenters. The normalized spacial score (nSPS) is 15.9. The first kappa shape index (κ1) is 27.7. The Bertz CT molecular complexity index is 1310. The van der Waals surface area contributed by atoms with Gasteiger partial charge in [0.05, 0.1) is 6.42 Å². The molecule has 39 heavy (non-hydrogen) atoms. The number of likely N-dealkylation sites (tertiary alicyclic amines) is 1. The number of amides is 4. The fourth-order valence-corrected chi connectivity index (χ4v) is 4.76. The number of nitrogens with zero attached hydrogens (tertiary/aromatic N) is 6. The van der Waals surface area contributed by atoms with Crippen LogP contribution in [0.25, 0.3) is 11.4 Å². The number of rotatable bonds is 8. The van der Waals surface area contributed by atoms with Gasteiger partial charge in [0, 0.05) is 45.5 Å². The highest BCUT2D eigenvalue weighted by molar-refractivity contribution is 5.96. The molecule has 0 saturated carbocycles. The van der Waals surface area contributed by atoms with Crippen molar-refractivity contribution < 1.29 is 18.8 Å². The van der Waals surface area contributed by atoms with Crippen molar-refractivity contribution >= 4 is 23.5 Å². The molecule has 2 heterocycles. The smallest absolute Gasteiger partial charge is 0.319 e. The first-order valence-electron chi connectivity index (χ1n) is 12.8. The van der Waals surface area contributed by atoms with Crippen molar-refractivity contribution in [1.29, 1.82) is 0 Å². The lowest BCUT2D eigenvalue weighted by Crippen LogP contribution is -2.51. The maximum atomic E-state index is 13.3. The Kier molecular flexibility index (Phi) is 8.84. The number of tetrazole rings is 1. The minimum atomic E-state index is -1.03. The van der Waals surface area contributed by atoms with Gasteiger partial charge in [-0.15, -0.1) is 5.10 Å². The molecule has 206 valence electrons. The number of benzene rings is 2. The molecule has 1 aliphatic heterocycles. The lowest BCUT2D eigenvalue weighted by atomic mass is 9.91. The van der Waals surface area contributed by atoms with Gasteiger partial charge < -0.3 is 20.4 Å². The zero-order valence-corrected chi connectivity index (χ0v) is 22.3. The number of likely N-dealkylation sites (N-methyl/N-ethyl adjacent to an activating group) is 1. The van der Waals surface area contributed by atoms with Gasteiger partial charge in [-0.1, -0.05) is 24.3 Å². The summed E-state index contributed by atoms with van der Waals surface area (Å²) < 4.78 is 14.8. The van der Waals surface area contributed by atoms with Gasteiger partial charge in [0.25, 0.3) is 0 Å². The quantitative estimate of drug-likeness (QED) is 0.456. The van der Waals surface area contributed by atoms with E-state index in [-0.39, 0.29) is 30.0 Å². The number of halogens is 1. The number of carbonyl (C=O) groups excluding carboxylic acids is 3. The molecule has 3 aromatic rings. The van der Waals surface area contributed by atoms with E-state index in [1.54, 1.807) is 56.4 Å².